The quantitative estimate of drug-likeness (QED) is 0.230. The molecule has 6 N–H and O–H groups in total. The summed E-state index contributed by atoms with van der Waals surface area (Å²) in [6.45, 7) is 0. The van der Waals surface area contributed by atoms with Crippen LogP contribution in [0.4, 0.5) is 0 Å². The van der Waals surface area contributed by atoms with Crippen molar-refractivity contribution in [3.8, 4) is 0 Å². The molecular formula is C6H13O6P. The molecule has 0 aromatic rings. The Morgan fingerprint density at radius 3 is 1.38 bits per heavy atom. The Hall–Kier alpha value is 0.190. The molecule has 1 rings (SSSR count). The lowest BCUT2D eigenvalue weighted by molar-refractivity contribution is -0.236. The molecule has 1 aliphatic rings. The first-order chi connectivity index (χ1) is 5.80. The van der Waals surface area contributed by atoms with E-state index in [1.807, 2.05) is 0 Å². The fraction of sp³-hybridized carbons (Fsp3) is 1.00. The van der Waals surface area contributed by atoms with Gasteiger partial charge in [-0.3, -0.25) is 0 Å². The first-order valence-corrected chi connectivity index (χ1v) is 4.29. The van der Waals surface area contributed by atoms with Gasteiger partial charge in [0, 0.05) is 0 Å². The summed E-state index contributed by atoms with van der Waals surface area (Å²) in [5, 5.41) is 53.0. The molecule has 7 atom stereocenters. The van der Waals surface area contributed by atoms with E-state index in [2.05, 4.69) is 0 Å². The highest BCUT2D eigenvalue weighted by Crippen LogP contribution is 2.34. The Morgan fingerprint density at radius 2 is 1.08 bits per heavy atom. The highest BCUT2D eigenvalue weighted by atomic mass is 31.0. The van der Waals surface area contributed by atoms with E-state index < -0.39 is 35.9 Å². The van der Waals surface area contributed by atoms with E-state index in [1.54, 1.807) is 9.24 Å². The number of hydrogen-bond acceptors (Lipinski definition) is 6. The minimum atomic E-state index is -2.11. The number of aliphatic hydroxyl groups excluding tert-OH is 5. The van der Waals surface area contributed by atoms with Gasteiger partial charge in [-0.2, -0.15) is 0 Å². The maximum Gasteiger partial charge on any atom is 0.134 e. The molecule has 0 heterocycles. The predicted molar refractivity (Wildman–Crippen MR) is 44.7 cm³/mol. The smallest absolute Gasteiger partial charge is 0.134 e. The van der Waals surface area contributed by atoms with Gasteiger partial charge in [-0.15, -0.1) is 0 Å². The Morgan fingerprint density at radius 1 is 0.769 bits per heavy atom. The van der Waals surface area contributed by atoms with E-state index in [4.69, 9.17) is 15.3 Å². The van der Waals surface area contributed by atoms with E-state index in [0.717, 1.165) is 0 Å². The summed E-state index contributed by atoms with van der Waals surface area (Å²) in [5.74, 6) is 0. The van der Waals surface area contributed by atoms with Gasteiger partial charge in [-0.1, -0.05) is 9.24 Å². The molecule has 6 nitrogen and oxygen atoms in total. The average molecular weight is 212 g/mol. The first-order valence-electron chi connectivity index (χ1n) is 3.71. The van der Waals surface area contributed by atoms with Gasteiger partial charge in [0.1, 0.15) is 35.9 Å². The molecule has 0 bridgehead atoms. The van der Waals surface area contributed by atoms with Crippen molar-refractivity contribution < 1.29 is 30.6 Å². The summed E-state index contributed by atoms with van der Waals surface area (Å²) >= 11 is 0. The fourth-order valence-electron chi connectivity index (χ4n) is 1.30. The third-order valence-corrected chi connectivity index (χ3v) is 2.98. The zero-order valence-electron chi connectivity index (χ0n) is 6.65. The minimum Gasteiger partial charge on any atom is -0.387 e. The molecule has 78 valence electrons. The van der Waals surface area contributed by atoms with Crippen LogP contribution in [0.15, 0.2) is 0 Å². The van der Waals surface area contributed by atoms with Crippen molar-refractivity contribution in [2.24, 2.45) is 0 Å². The highest BCUT2D eigenvalue weighted by Gasteiger charge is 2.54. The SMILES string of the molecule is OC1[C@@H](O)[C@H](O)C(O)(P)[C@H](O)[C@H]1O. The van der Waals surface area contributed by atoms with Gasteiger partial charge in [0.2, 0.25) is 0 Å². The zero-order valence-corrected chi connectivity index (χ0v) is 7.80. The average Bonchev–Trinajstić information content (AvgIpc) is 2.09. The van der Waals surface area contributed by atoms with Crippen molar-refractivity contribution in [2.45, 2.75) is 35.9 Å². The minimum absolute atomic E-state index is 1.68. The van der Waals surface area contributed by atoms with Crippen LogP contribution in [-0.2, 0) is 0 Å². The summed E-state index contributed by atoms with van der Waals surface area (Å²) in [5.41, 5.74) is 0. The summed E-state index contributed by atoms with van der Waals surface area (Å²) in [6.07, 6.45) is -8.52. The lowest BCUT2D eigenvalue weighted by atomic mass is 9.84. The summed E-state index contributed by atoms with van der Waals surface area (Å²) < 4.78 is 0. The molecule has 0 amide bonds. The Labute approximate surface area is 76.7 Å². The largest absolute Gasteiger partial charge is 0.387 e. The van der Waals surface area contributed by atoms with Crippen molar-refractivity contribution >= 4 is 9.24 Å². The van der Waals surface area contributed by atoms with Gasteiger partial charge in [-0.05, 0) is 0 Å². The van der Waals surface area contributed by atoms with Gasteiger partial charge in [0.15, 0.2) is 0 Å². The standard InChI is InChI=1S/C6H13O6P/c7-1-2(8)4(10)6(12,13)5(11)3(1)9/h1-5,7-12H,13H2/t1?,2-,3+,4+,5-,6?. The van der Waals surface area contributed by atoms with E-state index in [0.29, 0.717) is 0 Å². The predicted octanol–water partition coefficient (Wildman–Crippen LogP) is -3.63. The molecule has 1 fully saturated rings. The topological polar surface area (TPSA) is 121 Å². The van der Waals surface area contributed by atoms with Crippen LogP contribution in [0, 0.1) is 0 Å². The number of aliphatic hydroxyl groups is 6. The molecule has 13 heavy (non-hydrogen) atoms. The molecule has 3 unspecified atom stereocenters. The Kier molecular flexibility index (Phi) is 2.95. The lowest BCUT2D eigenvalue weighted by Gasteiger charge is -2.45. The first kappa shape index (κ1) is 11.3. The fourth-order valence-corrected chi connectivity index (χ4v) is 1.69. The van der Waals surface area contributed by atoms with Crippen LogP contribution in [-0.4, -0.2) is 66.5 Å². The molecule has 0 spiro atoms. The van der Waals surface area contributed by atoms with E-state index >= 15 is 0 Å². The van der Waals surface area contributed by atoms with E-state index in [1.165, 1.54) is 0 Å². The van der Waals surface area contributed by atoms with Crippen molar-refractivity contribution in [1.29, 1.82) is 0 Å². The normalized spacial score (nSPS) is 57.9. The van der Waals surface area contributed by atoms with Crippen molar-refractivity contribution in [2.75, 3.05) is 0 Å². The second-order valence-electron chi connectivity index (χ2n) is 3.25. The van der Waals surface area contributed by atoms with Gasteiger partial charge >= 0.3 is 0 Å². The monoisotopic (exact) mass is 212 g/mol. The number of hydrogen-bond donors (Lipinski definition) is 6. The van der Waals surface area contributed by atoms with Crippen LogP contribution in [0.1, 0.15) is 0 Å². The van der Waals surface area contributed by atoms with Crippen LogP contribution >= 0.6 is 9.24 Å². The van der Waals surface area contributed by atoms with Crippen molar-refractivity contribution in [3.63, 3.8) is 0 Å². The van der Waals surface area contributed by atoms with Crippen LogP contribution in [0.5, 0.6) is 0 Å². The van der Waals surface area contributed by atoms with Crippen LogP contribution in [0.25, 0.3) is 0 Å². The van der Waals surface area contributed by atoms with E-state index in [9.17, 15) is 15.3 Å². The maximum absolute atomic E-state index is 9.40. The molecule has 0 radical (unpaired) electrons. The lowest BCUT2D eigenvalue weighted by Crippen LogP contribution is -2.68. The van der Waals surface area contributed by atoms with Gasteiger partial charge in [0.25, 0.3) is 0 Å². The Bertz CT molecular complexity index is 180. The molecule has 7 heteroatoms. The van der Waals surface area contributed by atoms with Crippen molar-refractivity contribution in [3.05, 3.63) is 0 Å². The molecule has 0 aromatic carbocycles. The Balaban J connectivity index is 2.93. The second-order valence-corrected chi connectivity index (χ2v) is 4.17. The van der Waals surface area contributed by atoms with Gasteiger partial charge < -0.3 is 30.6 Å². The third kappa shape index (κ3) is 1.59. The van der Waals surface area contributed by atoms with Crippen LogP contribution in [0.2, 0.25) is 0 Å². The molecule has 1 aliphatic carbocycles. The van der Waals surface area contributed by atoms with Crippen molar-refractivity contribution in [1.82, 2.24) is 0 Å². The molecule has 0 saturated heterocycles. The summed E-state index contributed by atoms with van der Waals surface area (Å²) in [7, 11) is 1.73. The van der Waals surface area contributed by atoms with E-state index in [-0.39, 0.29) is 0 Å². The summed E-state index contributed by atoms with van der Waals surface area (Å²) in [6, 6.07) is 0. The van der Waals surface area contributed by atoms with Crippen LogP contribution in [0.3, 0.4) is 0 Å². The molecule has 1 saturated carbocycles. The zero-order chi connectivity index (χ0) is 10.4. The van der Waals surface area contributed by atoms with Crippen LogP contribution < -0.4 is 0 Å². The number of rotatable bonds is 0. The molecule has 0 aliphatic heterocycles. The highest BCUT2D eigenvalue weighted by molar-refractivity contribution is 7.18. The van der Waals surface area contributed by atoms with Gasteiger partial charge in [-0.25, -0.2) is 0 Å². The third-order valence-electron chi connectivity index (χ3n) is 2.29. The second kappa shape index (κ2) is 3.40. The summed E-state index contributed by atoms with van der Waals surface area (Å²) in [4.78, 5) is 0. The molecular weight excluding hydrogens is 199 g/mol. The molecule has 0 aromatic heterocycles. The maximum atomic E-state index is 9.40. The van der Waals surface area contributed by atoms with Gasteiger partial charge in [0.05, 0.1) is 0 Å².